The number of nitrogens with zero attached hydrogens (tertiary/aromatic N) is 3. The van der Waals surface area contributed by atoms with E-state index in [1.807, 2.05) is 42.3 Å². The Morgan fingerprint density at radius 3 is 2.79 bits per heavy atom. The van der Waals surface area contributed by atoms with Crippen molar-refractivity contribution in [3.63, 3.8) is 0 Å². The minimum atomic E-state index is -0.901. The van der Waals surface area contributed by atoms with E-state index >= 15 is 0 Å². The van der Waals surface area contributed by atoms with Crippen LogP contribution in [0, 0.1) is 0 Å². The van der Waals surface area contributed by atoms with Crippen LogP contribution in [-0.4, -0.2) is 46.6 Å². The van der Waals surface area contributed by atoms with Gasteiger partial charge in [0.1, 0.15) is 11.9 Å². The van der Waals surface area contributed by atoms with Crippen LogP contribution in [0.5, 0.6) is 5.75 Å². The number of piperidine rings is 1. The van der Waals surface area contributed by atoms with E-state index in [1.54, 1.807) is 0 Å². The summed E-state index contributed by atoms with van der Waals surface area (Å²) in [5.41, 5.74) is 3.65. The Bertz CT molecular complexity index is 929. The second-order valence-electron chi connectivity index (χ2n) is 8.54. The Morgan fingerprint density at radius 2 is 2.07 bits per heavy atom. The number of allylic oxidation sites excluding steroid dienone is 2. The fourth-order valence-electron chi connectivity index (χ4n) is 5.06. The van der Waals surface area contributed by atoms with Gasteiger partial charge >= 0.3 is 0 Å². The highest BCUT2D eigenvalue weighted by Crippen LogP contribution is 2.36. The van der Waals surface area contributed by atoms with Crippen molar-refractivity contribution in [2.45, 2.75) is 62.8 Å². The van der Waals surface area contributed by atoms with Crippen LogP contribution in [0.25, 0.3) is 16.8 Å². The number of nitrogens with one attached hydrogen (secondary N) is 1. The van der Waals surface area contributed by atoms with Gasteiger partial charge < -0.3 is 15.3 Å². The summed E-state index contributed by atoms with van der Waals surface area (Å²) in [6, 6.07) is 9.65. The fraction of sp³-hybridized carbons (Fsp3) is 0.478. The third-order valence-electron chi connectivity index (χ3n) is 6.75. The Kier molecular flexibility index (Phi) is 4.74. The molecule has 2 aliphatic heterocycles. The molecule has 0 radical (unpaired) electrons. The number of alkyl halides is 1. The Hall–Kier alpha value is -2.47. The molecule has 3 aliphatic rings. The van der Waals surface area contributed by atoms with Gasteiger partial charge in [-0.3, -0.25) is 0 Å². The van der Waals surface area contributed by atoms with Gasteiger partial charge in [0.15, 0.2) is 5.82 Å². The van der Waals surface area contributed by atoms with Gasteiger partial charge in [0, 0.05) is 24.7 Å². The zero-order chi connectivity index (χ0) is 20.0. The van der Waals surface area contributed by atoms with Crippen LogP contribution in [0.3, 0.4) is 0 Å². The van der Waals surface area contributed by atoms with E-state index in [-0.39, 0.29) is 17.8 Å². The number of aromatic hydroxyl groups is 1. The second-order valence-corrected chi connectivity index (χ2v) is 8.54. The molecule has 2 fully saturated rings. The minimum absolute atomic E-state index is 0.0427. The summed E-state index contributed by atoms with van der Waals surface area (Å²) in [4.78, 5) is 1.92. The number of rotatable bonds is 4. The molecule has 2 N–H and O–H groups in total. The highest BCUT2D eigenvalue weighted by molar-refractivity contribution is 5.74. The summed E-state index contributed by atoms with van der Waals surface area (Å²) in [7, 11) is 1.90. The molecule has 0 amide bonds. The minimum Gasteiger partial charge on any atom is -0.507 e. The predicted octanol–water partition coefficient (Wildman–Crippen LogP) is 4.08. The van der Waals surface area contributed by atoms with Crippen molar-refractivity contribution >= 4 is 11.4 Å². The molecule has 2 unspecified atom stereocenters. The van der Waals surface area contributed by atoms with Gasteiger partial charge in [-0.2, -0.15) is 0 Å². The van der Waals surface area contributed by atoms with Crippen molar-refractivity contribution in [3.05, 3.63) is 42.0 Å². The second kappa shape index (κ2) is 7.41. The molecule has 1 aliphatic carbocycles. The van der Waals surface area contributed by atoms with Gasteiger partial charge in [-0.05, 0) is 73.9 Å². The molecule has 6 heteroatoms. The first-order valence-corrected chi connectivity index (χ1v) is 10.6. The van der Waals surface area contributed by atoms with E-state index in [9.17, 15) is 9.50 Å². The first-order chi connectivity index (χ1) is 14.1. The summed E-state index contributed by atoms with van der Waals surface area (Å²) in [6.45, 7) is 0. The van der Waals surface area contributed by atoms with Crippen LogP contribution in [0.2, 0.25) is 0 Å². The SMILES string of the molecule is CN(c1ccc(-c2ccc(C3=CCCC3)cc2O)nn1)[C@@H]1CC2CCC(N2)[C@@H]1F. The largest absolute Gasteiger partial charge is 0.507 e. The molecule has 5 rings (SSSR count). The van der Waals surface area contributed by atoms with Gasteiger partial charge in [-0.25, -0.2) is 4.39 Å². The van der Waals surface area contributed by atoms with Crippen LogP contribution >= 0.6 is 0 Å². The van der Waals surface area contributed by atoms with Gasteiger partial charge in [0.2, 0.25) is 0 Å². The van der Waals surface area contributed by atoms with Crippen LogP contribution < -0.4 is 10.2 Å². The summed E-state index contributed by atoms with van der Waals surface area (Å²) in [5, 5.41) is 22.6. The molecule has 3 heterocycles. The third kappa shape index (κ3) is 3.39. The van der Waals surface area contributed by atoms with Crippen LogP contribution in [-0.2, 0) is 0 Å². The maximum Gasteiger partial charge on any atom is 0.151 e. The molecule has 2 saturated heterocycles. The molecule has 4 atom stereocenters. The quantitative estimate of drug-likeness (QED) is 0.818. The maximum absolute atomic E-state index is 14.8. The lowest BCUT2D eigenvalue weighted by Gasteiger charge is -2.38. The molecule has 29 heavy (non-hydrogen) atoms. The Balaban J connectivity index is 1.35. The van der Waals surface area contributed by atoms with Crippen molar-refractivity contribution in [3.8, 4) is 17.0 Å². The number of phenolic OH excluding ortho intramolecular Hbond substituents is 1. The summed E-state index contributed by atoms with van der Waals surface area (Å²) in [6.07, 6.45) is 7.43. The normalized spacial score (nSPS) is 28.4. The van der Waals surface area contributed by atoms with Crippen molar-refractivity contribution in [1.82, 2.24) is 15.5 Å². The number of halogens is 1. The van der Waals surface area contributed by atoms with Gasteiger partial charge in [0.05, 0.1) is 11.7 Å². The average molecular weight is 394 g/mol. The number of hydrogen-bond acceptors (Lipinski definition) is 5. The lowest BCUT2D eigenvalue weighted by molar-refractivity contribution is 0.176. The van der Waals surface area contributed by atoms with Gasteiger partial charge in [-0.15, -0.1) is 10.2 Å². The molecule has 2 aromatic rings. The van der Waals surface area contributed by atoms with E-state index in [1.165, 1.54) is 12.0 Å². The van der Waals surface area contributed by atoms with Crippen molar-refractivity contribution in [2.75, 3.05) is 11.9 Å². The number of hydrogen-bond donors (Lipinski definition) is 2. The van der Waals surface area contributed by atoms with Crippen LogP contribution in [0.1, 0.15) is 44.1 Å². The van der Waals surface area contributed by atoms with Crippen molar-refractivity contribution in [2.24, 2.45) is 0 Å². The fourth-order valence-corrected chi connectivity index (χ4v) is 5.06. The molecule has 5 nitrogen and oxygen atoms in total. The zero-order valence-corrected chi connectivity index (χ0v) is 16.7. The monoisotopic (exact) mass is 394 g/mol. The standard InChI is InChI=1S/C23H27FN4O/c1-28(20-13-16-7-9-19(25-16)23(20)24)22-11-10-18(26-27-22)17-8-6-15(12-21(17)29)14-4-2-3-5-14/h4,6,8,10-12,16,19-20,23,25,29H,2-3,5,7,9,13H2,1H3/t16?,19?,20-,23+/m1/s1. The lowest BCUT2D eigenvalue weighted by Crippen LogP contribution is -2.55. The van der Waals surface area contributed by atoms with Gasteiger partial charge in [0.25, 0.3) is 0 Å². The number of anilines is 1. The molecule has 1 aromatic carbocycles. The topological polar surface area (TPSA) is 61.3 Å². The Morgan fingerprint density at radius 1 is 1.17 bits per heavy atom. The van der Waals surface area contributed by atoms with Crippen LogP contribution in [0.15, 0.2) is 36.4 Å². The molecule has 1 aromatic heterocycles. The number of fused-ring (bicyclic) bond motifs is 2. The van der Waals surface area contributed by atoms with Crippen molar-refractivity contribution in [1.29, 1.82) is 0 Å². The maximum atomic E-state index is 14.8. The van der Waals surface area contributed by atoms with Crippen molar-refractivity contribution < 1.29 is 9.50 Å². The smallest absolute Gasteiger partial charge is 0.151 e. The average Bonchev–Trinajstić information content (AvgIpc) is 3.41. The molecule has 2 bridgehead atoms. The van der Waals surface area contributed by atoms with Crippen LogP contribution in [0.4, 0.5) is 10.2 Å². The molecular weight excluding hydrogens is 367 g/mol. The highest BCUT2D eigenvalue weighted by atomic mass is 19.1. The van der Waals surface area contributed by atoms with E-state index in [0.29, 0.717) is 23.1 Å². The molecule has 0 spiro atoms. The number of benzene rings is 1. The summed E-state index contributed by atoms with van der Waals surface area (Å²) >= 11 is 0. The lowest BCUT2D eigenvalue weighted by atomic mass is 9.96. The first-order valence-electron chi connectivity index (χ1n) is 10.6. The Labute approximate surface area is 170 Å². The highest BCUT2D eigenvalue weighted by Gasteiger charge is 2.43. The molecule has 152 valence electrons. The van der Waals surface area contributed by atoms with E-state index < -0.39 is 6.17 Å². The summed E-state index contributed by atoms with van der Waals surface area (Å²) in [5.74, 6) is 0.874. The third-order valence-corrected chi connectivity index (χ3v) is 6.75. The zero-order valence-electron chi connectivity index (χ0n) is 16.7. The summed E-state index contributed by atoms with van der Waals surface area (Å²) < 4.78 is 14.8. The van der Waals surface area contributed by atoms with E-state index in [4.69, 9.17) is 0 Å². The number of aromatic nitrogens is 2. The molecule has 0 saturated carbocycles. The first kappa shape index (κ1) is 18.6. The van der Waals surface area contributed by atoms with E-state index in [0.717, 1.165) is 37.7 Å². The van der Waals surface area contributed by atoms with E-state index in [2.05, 4.69) is 21.6 Å². The predicted molar refractivity (Wildman–Crippen MR) is 113 cm³/mol. The molecular formula is C23H27FN4O. The number of phenols is 1. The van der Waals surface area contributed by atoms with Gasteiger partial charge in [-0.1, -0.05) is 12.1 Å².